The van der Waals surface area contributed by atoms with Crippen molar-refractivity contribution in [3.63, 3.8) is 0 Å². The van der Waals surface area contributed by atoms with Crippen LogP contribution in [0.5, 0.6) is 0 Å². The molecule has 0 unspecified atom stereocenters. The van der Waals surface area contributed by atoms with Crippen LogP contribution in [0.25, 0.3) is 11.9 Å². The average Bonchev–Trinajstić information content (AvgIpc) is 2.79. The van der Waals surface area contributed by atoms with E-state index in [1.165, 1.54) is 12.1 Å². The number of aliphatic carboxylic acids is 3. The lowest BCUT2D eigenvalue weighted by atomic mass is 10.2. The molecule has 0 saturated heterocycles. The molecule has 0 aliphatic carbocycles. The van der Waals surface area contributed by atoms with Gasteiger partial charge in [-0.15, -0.1) is 0 Å². The van der Waals surface area contributed by atoms with Crippen LogP contribution in [0, 0.1) is 0 Å². The van der Waals surface area contributed by atoms with Gasteiger partial charge in [-0.3, -0.25) is 9.78 Å². The van der Waals surface area contributed by atoms with Crippen LogP contribution in [-0.4, -0.2) is 38.2 Å². The molecule has 3 aromatic rings. The number of aromatic nitrogens is 1. The number of hydrogen-bond donors (Lipinski definition) is 3. The van der Waals surface area contributed by atoms with Crippen LogP contribution in [0.2, 0.25) is 0 Å². The monoisotopic (exact) mass is 529 g/mol. The minimum Gasteiger partial charge on any atom is -0.481 e. The number of nitrogens with zero attached hydrogens (tertiary/aromatic N) is 1. The number of rotatable bonds is 6. The molecule has 3 rings (SSSR count). The SMILES string of the molecule is O=C(O)C=C(F)c1ccccc1.O=C(O)C=Cc1cccc(Br)c1.O=C(O)Cc1ccccn1. The van der Waals surface area contributed by atoms with E-state index in [2.05, 4.69) is 20.9 Å². The third-order valence-corrected chi connectivity index (χ3v) is 4.12. The first-order chi connectivity index (χ1) is 16.2. The number of hydrogen-bond acceptors (Lipinski definition) is 4. The molecule has 1 heterocycles. The van der Waals surface area contributed by atoms with Gasteiger partial charge in [-0.1, -0.05) is 64.5 Å². The van der Waals surface area contributed by atoms with Crippen molar-refractivity contribution in [2.24, 2.45) is 0 Å². The van der Waals surface area contributed by atoms with Crippen molar-refractivity contribution in [2.75, 3.05) is 0 Å². The summed E-state index contributed by atoms with van der Waals surface area (Å²) in [7, 11) is 0. The first kappa shape index (κ1) is 27.9. The zero-order chi connectivity index (χ0) is 25.3. The summed E-state index contributed by atoms with van der Waals surface area (Å²) in [6.45, 7) is 0. The molecule has 34 heavy (non-hydrogen) atoms. The van der Waals surface area contributed by atoms with Gasteiger partial charge in [-0.2, -0.15) is 0 Å². The standard InChI is InChI=1S/C9H7BrO2.C9H7FO2.C7H7NO2/c10-8-3-1-2-7(6-8)4-5-9(11)12;10-8(6-9(11)12)7-4-2-1-3-5-7;9-7(10)5-6-3-1-2-4-8-6/h2*1-6H,(H,11,12);1-4H,5H2,(H,9,10). The highest BCUT2D eigenvalue weighted by atomic mass is 79.9. The van der Waals surface area contributed by atoms with Crippen molar-refractivity contribution in [1.29, 1.82) is 0 Å². The molecule has 7 nitrogen and oxygen atoms in total. The molecule has 9 heteroatoms. The van der Waals surface area contributed by atoms with Crippen LogP contribution < -0.4 is 0 Å². The van der Waals surface area contributed by atoms with E-state index in [0.29, 0.717) is 11.8 Å². The predicted octanol–water partition coefficient (Wildman–Crippen LogP) is 5.34. The third kappa shape index (κ3) is 13.3. The van der Waals surface area contributed by atoms with Crippen molar-refractivity contribution >= 4 is 45.7 Å². The Morgan fingerprint density at radius 2 is 1.56 bits per heavy atom. The Bertz CT molecular complexity index is 1130. The molecule has 1 aromatic heterocycles. The fourth-order valence-corrected chi connectivity index (χ4v) is 2.64. The molecule has 0 spiro atoms. The summed E-state index contributed by atoms with van der Waals surface area (Å²) >= 11 is 3.29. The second kappa shape index (κ2) is 15.7. The first-order valence-corrected chi connectivity index (χ1v) is 10.4. The van der Waals surface area contributed by atoms with Crippen LogP contribution >= 0.6 is 15.9 Å². The maximum absolute atomic E-state index is 12.9. The molecule has 0 amide bonds. The number of halogens is 2. The Morgan fingerprint density at radius 1 is 0.882 bits per heavy atom. The van der Waals surface area contributed by atoms with Gasteiger partial charge in [0.2, 0.25) is 0 Å². The van der Waals surface area contributed by atoms with Crippen LogP contribution in [0.3, 0.4) is 0 Å². The smallest absolute Gasteiger partial charge is 0.331 e. The maximum Gasteiger partial charge on any atom is 0.331 e. The third-order valence-electron chi connectivity index (χ3n) is 3.63. The van der Waals surface area contributed by atoms with E-state index < -0.39 is 23.7 Å². The van der Waals surface area contributed by atoms with E-state index in [4.69, 9.17) is 15.3 Å². The van der Waals surface area contributed by atoms with Crippen LogP contribution in [-0.2, 0) is 20.8 Å². The van der Waals surface area contributed by atoms with Gasteiger partial charge < -0.3 is 15.3 Å². The molecule has 2 aromatic carbocycles. The van der Waals surface area contributed by atoms with Crippen molar-refractivity contribution in [3.8, 4) is 0 Å². The van der Waals surface area contributed by atoms with Crippen LogP contribution in [0.15, 0.2) is 95.6 Å². The van der Waals surface area contributed by atoms with Gasteiger partial charge in [0.15, 0.2) is 0 Å². The molecule has 0 aliphatic rings. The number of carboxylic acids is 3. The number of carbonyl (C=O) groups is 3. The topological polar surface area (TPSA) is 125 Å². The average molecular weight is 530 g/mol. The first-order valence-electron chi connectivity index (χ1n) is 9.61. The summed E-state index contributed by atoms with van der Waals surface area (Å²) in [5, 5.41) is 24.9. The summed E-state index contributed by atoms with van der Waals surface area (Å²) in [5.74, 6) is -3.80. The van der Waals surface area contributed by atoms with Gasteiger partial charge in [0.05, 0.1) is 18.2 Å². The van der Waals surface area contributed by atoms with Gasteiger partial charge in [0.1, 0.15) is 5.83 Å². The highest BCUT2D eigenvalue weighted by molar-refractivity contribution is 9.10. The normalized spacial score (nSPS) is 10.4. The van der Waals surface area contributed by atoms with Gasteiger partial charge in [0.25, 0.3) is 0 Å². The van der Waals surface area contributed by atoms with Gasteiger partial charge in [-0.05, 0) is 35.9 Å². The number of pyridine rings is 1. The molecule has 0 aliphatic heterocycles. The Balaban J connectivity index is 0.000000256. The second-order valence-corrected chi connectivity index (χ2v) is 7.23. The van der Waals surface area contributed by atoms with Crippen molar-refractivity contribution in [1.82, 2.24) is 4.98 Å². The highest BCUT2D eigenvalue weighted by Crippen LogP contribution is 2.14. The lowest BCUT2D eigenvalue weighted by molar-refractivity contribution is -0.136. The lowest BCUT2D eigenvalue weighted by Gasteiger charge is -1.93. The maximum atomic E-state index is 12.9. The van der Waals surface area contributed by atoms with E-state index in [-0.39, 0.29) is 12.0 Å². The van der Waals surface area contributed by atoms with E-state index in [1.54, 1.807) is 48.7 Å². The summed E-state index contributed by atoms with van der Waals surface area (Å²) in [4.78, 5) is 34.2. The Labute approximate surface area is 203 Å². The molecule has 176 valence electrons. The van der Waals surface area contributed by atoms with Crippen molar-refractivity contribution in [3.05, 3.63) is 112 Å². The summed E-state index contributed by atoms with van der Waals surface area (Å²) in [6.07, 6.45) is 4.78. The second-order valence-electron chi connectivity index (χ2n) is 6.31. The fourth-order valence-electron chi connectivity index (χ4n) is 2.22. The molecule has 0 atom stereocenters. The number of benzene rings is 2. The van der Waals surface area contributed by atoms with Gasteiger partial charge in [0, 0.05) is 22.3 Å². The molecule has 0 fully saturated rings. The predicted molar refractivity (Wildman–Crippen MR) is 130 cm³/mol. The summed E-state index contributed by atoms with van der Waals surface area (Å²) < 4.78 is 13.8. The van der Waals surface area contributed by atoms with Crippen LogP contribution in [0.4, 0.5) is 4.39 Å². The zero-order valence-corrected chi connectivity index (χ0v) is 19.3. The van der Waals surface area contributed by atoms with Crippen molar-refractivity contribution in [2.45, 2.75) is 6.42 Å². The van der Waals surface area contributed by atoms with Crippen LogP contribution in [0.1, 0.15) is 16.8 Å². The fraction of sp³-hybridized carbons (Fsp3) is 0.0400. The summed E-state index contributed by atoms with van der Waals surface area (Å²) in [5.41, 5.74) is 1.74. The minimum atomic E-state index is -1.28. The summed E-state index contributed by atoms with van der Waals surface area (Å²) in [6, 6.07) is 20.7. The molecule has 0 bridgehead atoms. The Kier molecular flexibility index (Phi) is 12.9. The molecule has 0 saturated carbocycles. The van der Waals surface area contributed by atoms with Gasteiger partial charge in [-0.25, -0.2) is 14.0 Å². The molecular formula is C25H21BrFNO6. The van der Waals surface area contributed by atoms with E-state index in [9.17, 15) is 18.8 Å². The van der Waals surface area contributed by atoms with Gasteiger partial charge >= 0.3 is 17.9 Å². The largest absolute Gasteiger partial charge is 0.481 e. The molecule has 0 radical (unpaired) electrons. The molecular weight excluding hydrogens is 509 g/mol. The number of carboxylic acid groups (broad SMARTS) is 3. The van der Waals surface area contributed by atoms with E-state index >= 15 is 0 Å². The van der Waals surface area contributed by atoms with Crippen molar-refractivity contribution < 1.29 is 34.1 Å². The van der Waals surface area contributed by atoms with E-state index in [0.717, 1.165) is 16.1 Å². The van der Waals surface area contributed by atoms with E-state index in [1.807, 2.05) is 24.3 Å². The Hall–Kier alpha value is -4.11. The minimum absolute atomic E-state index is 0.000833. The quantitative estimate of drug-likeness (QED) is 0.368. The highest BCUT2D eigenvalue weighted by Gasteiger charge is 2.00. The lowest BCUT2D eigenvalue weighted by Crippen LogP contribution is -2.01. The molecule has 3 N–H and O–H groups in total. The Morgan fingerprint density at radius 3 is 2.09 bits per heavy atom. The zero-order valence-electron chi connectivity index (χ0n) is 17.7.